The molecule has 1 aliphatic heterocycles. The van der Waals surface area contributed by atoms with E-state index in [1.807, 2.05) is 4.90 Å². The first kappa shape index (κ1) is 16.3. The molecule has 0 aromatic heterocycles. The Kier molecular flexibility index (Phi) is 6.03. The van der Waals surface area contributed by atoms with E-state index in [-0.39, 0.29) is 30.5 Å². The molecule has 1 amide bonds. The van der Waals surface area contributed by atoms with Gasteiger partial charge in [-0.25, -0.2) is 0 Å². The molecule has 2 rings (SSSR count). The highest BCUT2D eigenvalue weighted by Gasteiger charge is 2.29. The van der Waals surface area contributed by atoms with Gasteiger partial charge in [0, 0.05) is 12.6 Å². The van der Waals surface area contributed by atoms with Crippen molar-refractivity contribution in [3.63, 3.8) is 0 Å². The van der Waals surface area contributed by atoms with Crippen LogP contribution in [0.15, 0.2) is 0 Å². The lowest BCUT2D eigenvalue weighted by Crippen LogP contribution is -2.44. The SMILES string of the molecule is COC(=O)C1CCC(OCC(=O)N2CCCCC2C)CC1. The number of hydrogen-bond acceptors (Lipinski definition) is 4. The Morgan fingerprint density at radius 3 is 2.43 bits per heavy atom. The summed E-state index contributed by atoms with van der Waals surface area (Å²) in [4.78, 5) is 25.6. The van der Waals surface area contributed by atoms with Gasteiger partial charge in [0.1, 0.15) is 6.61 Å². The number of carbonyl (C=O) groups is 2. The highest BCUT2D eigenvalue weighted by atomic mass is 16.5. The summed E-state index contributed by atoms with van der Waals surface area (Å²) in [5, 5.41) is 0. The first-order valence-electron chi connectivity index (χ1n) is 8.10. The van der Waals surface area contributed by atoms with Gasteiger partial charge >= 0.3 is 5.97 Å². The molecule has 0 spiro atoms. The van der Waals surface area contributed by atoms with Crippen LogP contribution in [0.25, 0.3) is 0 Å². The number of methoxy groups -OCH3 is 1. The zero-order valence-electron chi connectivity index (χ0n) is 13.2. The van der Waals surface area contributed by atoms with E-state index in [1.54, 1.807) is 0 Å². The number of rotatable bonds is 4. The summed E-state index contributed by atoms with van der Waals surface area (Å²) in [5.74, 6) is -0.00312. The molecule has 1 atom stereocenters. The molecule has 2 aliphatic rings. The second-order valence-electron chi connectivity index (χ2n) is 6.24. The minimum Gasteiger partial charge on any atom is -0.469 e. The maximum absolute atomic E-state index is 12.2. The maximum Gasteiger partial charge on any atom is 0.308 e. The Morgan fingerprint density at radius 1 is 1.10 bits per heavy atom. The largest absolute Gasteiger partial charge is 0.469 e. The third-order valence-electron chi connectivity index (χ3n) is 4.77. The topological polar surface area (TPSA) is 55.8 Å². The third kappa shape index (κ3) is 4.43. The summed E-state index contributed by atoms with van der Waals surface area (Å²) in [6, 6.07) is 0.338. The second kappa shape index (κ2) is 7.78. The fraction of sp³-hybridized carbons (Fsp3) is 0.875. The molecule has 1 aliphatic carbocycles. The third-order valence-corrected chi connectivity index (χ3v) is 4.77. The summed E-state index contributed by atoms with van der Waals surface area (Å²) in [6.07, 6.45) is 6.78. The quantitative estimate of drug-likeness (QED) is 0.746. The maximum atomic E-state index is 12.2. The molecule has 0 aromatic rings. The van der Waals surface area contributed by atoms with Crippen LogP contribution >= 0.6 is 0 Å². The van der Waals surface area contributed by atoms with Crippen molar-refractivity contribution >= 4 is 11.9 Å². The molecule has 0 aromatic carbocycles. The predicted octanol–water partition coefficient (Wildman–Crippen LogP) is 2.14. The van der Waals surface area contributed by atoms with Crippen LogP contribution in [0.4, 0.5) is 0 Å². The van der Waals surface area contributed by atoms with Gasteiger partial charge in [-0.05, 0) is 51.9 Å². The van der Waals surface area contributed by atoms with Crippen LogP contribution in [0.2, 0.25) is 0 Å². The van der Waals surface area contributed by atoms with Crippen LogP contribution in [0.5, 0.6) is 0 Å². The smallest absolute Gasteiger partial charge is 0.308 e. The van der Waals surface area contributed by atoms with Crippen molar-refractivity contribution in [1.29, 1.82) is 0 Å². The molecule has 5 nitrogen and oxygen atoms in total. The number of nitrogens with zero attached hydrogens (tertiary/aromatic N) is 1. The molecule has 1 saturated carbocycles. The number of piperidine rings is 1. The monoisotopic (exact) mass is 297 g/mol. The molecule has 21 heavy (non-hydrogen) atoms. The number of hydrogen-bond donors (Lipinski definition) is 0. The Balaban J connectivity index is 1.69. The second-order valence-corrected chi connectivity index (χ2v) is 6.24. The molecular weight excluding hydrogens is 270 g/mol. The van der Waals surface area contributed by atoms with Crippen molar-refractivity contribution in [2.24, 2.45) is 5.92 Å². The number of carbonyl (C=O) groups excluding carboxylic acids is 2. The zero-order chi connectivity index (χ0) is 15.2. The normalized spacial score (nSPS) is 30.0. The standard InChI is InChI=1S/C16H27NO4/c1-12-5-3-4-10-17(12)15(18)11-21-14-8-6-13(7-9-14)16(19)20-2/h12-14H,3-11H2,1-2H3. The van der Waals surface area contributed by atoms with Crippen LogP contribution in [0, 0.1) is 5.92 Å². The Labute approximate surface area is 127 Å². The van der Waals surface area contributed by atoms with Crippen molar-refractivity contribution in [3.8, 4) is 0 Å². The summed E-state index contributed by atoms with van der Waals surface area (Å²) in [7, 11) is 1.43. The average molecular weight is 297 g/mol. The van der Waals surface area contributed by atoms with Gasteiger partial charge in [0.2, 0.25) is 5.91 Å². The van der Waals surface area contributed by atoms with Gasteiger partial charge in [0.15, 0.2) is 0 Å². The number of ether oxygens (including phenoxy) is 2. The van der Waals surface area contributed by atoms with Crippen LogP contribution in [-0.2, 0) is 19.1 Å². The molecule has 1 heterocycles. The van der Waals surface area contributed by atoms with E-state index in [4.69, 9.17) is 9.47 Å². The molecule has 0 bridgehead atoms. The average Bonchev–Trinajstić information content (AvgIpc) is 2.52. The van der Waals surface area contributed by atoms with Crippen LogP contribution in [-0.4, -0.2) is 49.2 Å². The first-order chi connectivity index (χ1) is 10.1. The molecule has 120 valence electrons. The van der Waals surface area contributed by atoms with E-state index in [9.17, 15) is 9.59 Å². The van der Waals surface area contributed by atoms with Gasteiger partial charge in [0.25, 0.3) is 0 Å². The Morgan fingerprint density at radius 2 is 1.81 bits per heavy atom. The van der Waals surface area contributed by atoms with E-state index in [1.165, 1.54) is 13.5 Å². The van der Waals surface area contributed by atoms with E-state index in [2.05, 4.69) is 6.92 Å². The van der Waals surface area contributed by atoms with Crippen LogP contribution in [0.3, 0.4) is 0 Å². The van der Waals surface area contributed by atoms with E-state index >= 15 is 0 Å². The fourth-order valence-electron chi connectivity index (χ4n) is 3.37. The lowest BCUT2D eigenvalue weighted by atomic mass is 9.87. The van der Waals surface area contributed by atoms with Crippen molar-refractivity contribution in [2.45, 2.75) is 64.0 Å². The van der Waals surface area contributed by atoms with Gasteiger partial charge in [-0.15, -0.1) is 0 Å². The van der Waals surface area contributed by atoms with Crippen molar-refractivity contribution in [3.05, 3.63) is 0 Å². The first-order valence-corrected chi connectivity index (χ1v) is 8.10. The van der Waals surface area contributed by atoms with E-state index in [0.29, 0.717) is 6.04 Å². The number of likely N-dealkylation sites (tertiary alicyclic amines) is 1. The minimum atomic E-state index is -0.119. The summed E-state index contributed by atoms with van der Waals surface area (Å²) >= 11 is 0. The lowest BCUT2D eigenvalue weighted by molar-refractivity contribution is -0.149. The van der Waals surface area contributed by atoms with Crippen molar-refractivity contribution in [2.75, 3.05) is 20.3 Å². The van der Waals surface area contributed by atoms with Gasteiger partial charge in [-0.2, -0.15) is 0 Å². The van der Waals surface area contributed by atoms with Crippen LogP contribution < -0.4 is 0 Å². The van der Waals surface area contributed by atoms with Crippen molar-refractivity contribution < 1.29 is 19.1 Å². The molecule has 0 N–H and O–H groups in total. The molecule has 0 radical (unpaired) electrons. The zero-order valence-corrected chi connectivity index (χ0v) is 13.2. The highest BCUT2D eigenvalue weighted by molar-refractivity contribution is 5.77. The van der Waals surface area contributed by atoms with Crippen molar-refractivity contribution in [1.82, 2.24) is 4.90 Å². The summed E-state index contributed by atoms with van der Waals surface area (Å²) in [5.41, 5.74) is 0. The van der Waals surface area contributed by atoms with E-state index in [0.717, 1.165) is 45.1 Å². The van der Waals surface area contributed by atoms with Gasteiger partial charge < -0.3 is 14.4 Å². The van der Waals surface area contributed by atoms with Gasteiger partial charge in [-0.3, -0.25) is 9.59 Å². The molecule has 5 heteroatoms. The Bertz CT molecular complexity index is 363. The van der Waals surface area contributed by atoms with Gasteiger partial charge in [0.05, 0.1) is 19.1 Å². The predicted molar refractivity (Wildman–Crippen MR) is 78.7 cm³/mol. The molecule has 1 saturated heterocycles. The Hall–Kier alpha value is -1.10. The molecule has 1 unspecified atom stereocenters. The van der Waals surface area contributed by atoms with Crippen LogP contribution in [0.1, 0.15) is 51.9 Å². The lowest BCUT2D eigenvalue weighted by Gasteiger charge is -2.34. The summed E-state index contributed by atoms with van der Waals surface area (Å²) < 4.78 is 10.5. The van der Waals surface area contributed by atoms with Gasteiger partial charge in [-0.1, -0.05) is 0 Å². The van der Waals surface area contributed by atoms with E-state index < -0.39 is 0 Å². The number of esters is 1. The molecule has 2 fully saturated rings. The fourth-order valence-corrected chi connectivity index (χ4v) is 3.37. The molecular formula is C16H27NO4. The highest BCUT2D eigenvalue weighted by Crippen LogP contribution is 2.27. The number of amides is 1. The summed E-state index contributed by atoms with van der Waals surface area (Å²) in [6.45, 7) is 3.15. The minimum absolute atomic E-state index is 0.00710.